The highest BCUT2D eigenvalue weighted by molar-refractivity contribution is 7.22. The van der Waals surface area contributed by atoms with Crippen molar-refractivity contribution in [3.8, 4) is 0 Å². The van der Waals surface area contributed by atoms with Gasteiger partial charge in [-0.2, -0.15) is 10.1 Å². The number of benzene rings is 1. The Hall–Kier alpha value is -3.31. The van der Waals surface area contributed by atoms with E-state index in [-0.39, 0.29) is 17.9 Å². The number of aromatic nitrogens is 3. The fourth-order valence-electron chi connectivity index (χ4n) is 4.11. The van der Waals surface area contributed by atoms with Crippen molar-refractivity contribution in [1.29, 1.82) is 0 Å². The van der Waals surface area contributed by atoms with Crippen LogP contribution in [0.4, 0.5) is 5.13 Å². The zero-order chi connectivity index (χ0) is 25.3. The molecular weight excluding hydrogens is 470 g/mol. The van der Waals surface area contributed by atoms with Crippen LogP contribution in [0.25, 0.3) is 10.3 Å². The summed E-state index contributed by atoms with van der Waals surface area (Å²) in [6.07, 6.45) is 1.81. The third-order valence-corrected chi connectivity index (χ3v) is 6.82. The average Bonchev–Trinajstić information content (AvgIpc) is 3.53. The third-order valence-electron chi connectivity index (χ3n) is 5.85. The van der Waals surface area contributed by atoms with Gasteiger partial charge in [-0.05, 0) is 57.9 Å². The maximum atomic E-state index is 13.5. The Balaban J connectivity index is 1.64. The lowest BCUT2D eigenvalue weighted by molar-refractivity contribution is 0.0598. The molecule has 1 aliphatic rings. The Morgan fingerprint density at radius 2 is 1.83 bits per heavy atom. The predicted octanol–water partition coefficient (Wildman–Crippen LogP) is 3.54. The van der Waals surface area contributed by atoms with Gasteiger partial charge < -0.3 is 14.4 Å². The number of hydrogen-bond acceptors (Lipinski definition) is 8. The zero-order valence-electron chi connectivity index (χ0n) is 20.5. The quantitative estimate of drug-likeness (QED) is 0.516. The van der Waals surface area contributed by atoms with Crippen molar-refractivity contribution >= 4 is 44.6 Å². The summed E-state index contributed by atoms with van der Waals surface area (Å²) >= 11 is 1.22. The molecule has 0 aliphatic carbocycles. The number of carbonyl (C=O) groups excluding carboxylic acids is 3. The molecule has 10 nitrogen and oxygen atoms in total. The molecule has 3 aromatic rings. The summed E-state index contributed by atoms with van der Waals surface area (Å²) in [5.41, 5.74) is 1.17. The van der Waals surface area contributed by atoms with Crippen molar-refractivity contribution in [3.05, 3.63) is 41.1 Å². The van der Waals surface area contributed by atoms with Gasteiger partial charge in [0.25, 0.3) is 11.8 Å². The van der Waals surface area contributed by atoms with Gasteiger partial charge in [0.2, 0.25) is 0 Å². The molecule has 186 valence electrons. The molecule has 1 aliphatic heterocycles. The van der Waals surface area contributed by atoms with Crippen LogP contribution in [0, 0.1) is 0 Å². The van der Waals surface area contributed by atoms with Crippen LogP contribution in [-0.2, 0) is 15.0 Å². The molecule has 11 heteroatoms. The van der Waals surface area contributed by atoms with E-state index >= 15 is 0 Å². The Morgan fingerprint density at radius 3 is 2.46 bits per heavy atom. The van der Waals surface area contributed by atoms with Crippen molar-refractivity contribution in [2.75, 3.05) is 32.7 Å². The summed E-state index contributed by atoms with van der Waals surface area (Å²) in [5, 5.41) is 7.82. The van der Waals surface area contributed by atoms with Crippen molar-refractivity contribution in [2.45, 2.75) is 45.2 Å². The van der Waals surface area contributed by atoms with Gasteiger partial charge >= 0.3 is 5.97 Å². The summed E-state index contributed by atoms with van der Waals surface area (Å²) in [5.74, 6) is -1.00. The van der Waals surface area contributed by atoms with Gasteiger partial charge in [0, 0.05) is 19.2 Å². The zero-order valence-corrected chi connectivity index (χ0v) is 21.3. The Morgan fingerprint density at radius 1 is 1.14 bits per heavy atom. The molecule has 1 aromatic carbocycles. The lowest BCUT2D eigenvalue weighted by Gasteiger charge is -2.23. The van der Waals surface area contributed by atoms with Crippen LogP contribution in [-0.4, -0.2) is 70.9 Å². The van der Waals surface area contributed by atoms with Crippen LogP contribution in [0.15, 0.2) is 24.3 Å². The molecule has 1 atom stereocenters. The van der Waals surface area contributed by atoms with Crippen molar-refractivity contribution in [1.82, 2.24) is 19.7 Å². The van der Waals surface area contributed by atoms with Gasteiger partial charge in [-0.25, -0.2) is 9.48 Å². The third kappa shape index (κ3) is 4.92. The molecule has 2 aromatic heterocycles. The number of esters is 1. The van der Waals surface area contributed by atoms with Gasteiger partial charge in [-0.1, -0.05) is 11.3 Å². The van der Waals surface area contributed by atoms with E-state index in [4.69, 9.17) is 4.74 Å². The fourth-order valence-corrected chi connectivity index (χ4v) is 5.03. The molecule has 3 heterocycles. The molecule has 0 unspecified atom stereocenters. The molecular formula is C24H29N5O5S. The summed E-state index contributed by atoms with van der Waals surface area (Å²) in [6.45, 7) is 7.08. The lowest BCUT2D eigenvalue weighted by atomic mass is 10.1. The Kier molecular flexibility index (Phi) is 6.91. The SMILES string of the molecule is COC[C@@H]1CCCN1C(=O)c1nn(C(C)(C)C)c2nc(NC(=O)c3ccc(C(=O)OC)cc3)sc12. The van der Waals surface area contributed by atoms with Crippen molar-refractivity contribution in [3.63, 3.8) is 0 Å². The molecule has 1 saturated heterocycles. The number of methoxy groups -OCH3 is 2. The average molecular weight is 500 g/mol. The van der Waals surface area contributed by atoms with E-state index in [9.17, 15) is 14.4 Å². The van der Waals surface area contributed by atoms with Crippen LogP contribution in [0.5, 0.6) is 0 Å². The minimum Gasteiger partial charge on any atom is -0.465 e. The monoisotopic (exact) mass is 499 g/mol. The molecule has 1 fully saturated rings. The standard InChI is InChI=1S/C24H29N5O5S/c1-24(2,3)29-19-18(17(27-29)21(31)28-12-6-7-16(28)13-33-4)35-23(25-19)26-20(30)14-8-10-15(11-9-14)22(32)34-5/h8-11,16H,6-7,12-13H2,1-5H3,(H,25,26,30)/t16-/m0/s1. The first kappa shape index (κ1) is 24.8. The number of fused-ring (bicyclic) bond motifs is 1. The van der Waals surface area contributed by atoms with Crippen LogP contribution in [0.1, 0.15) is 64.8 Å². The largest absolute Gasteiger partial charge is 0.465 e. The van der Waals surface area contributed by atoms with Gasteiger partial charge in [-0.15, -0.1) is 0 Å². The molecule has 0 bridgehead atoms. The molecule has 4 rings (SSSR count). The number of nitrogens with one attached hydrogen (secondary N) is 1. The molecule has 0 radical (unpaired) electrons. The second kappa shape index (κ2) is 9.74. The Labute approximate surface area is 207 Å². The van der Waals surface area contributed by atoms with Crippen LogP contribution >= 0.6 is 11.3 Å². The first-order valence-electron chi connectivity index (χ1n) is 11.3. The number of ether oxygens (including phenoxy) is 2. The van der Waals surface area contributed by atoms with E-state index in [1.807, 2.05) is 25.7 Å². The van der Waals surface area contributed by atoms with Gasteiger partial charge in [-0.3, -0.25) is 14.9 Å². The molecule has 1 N–H and O–H groups in total. The van der Waals surface area contributed by atoms with Gasteiger partial charge in [0.05, 0.1) is 30.9 Å². The van der Waals surface area contributed by atoms with Gasteiger partial charge in [0.15, 0.2) is 16.5 Å². The number of thiazole rings is 1. The number of hydrogen-bond donors (Lipinski definition) is 1. The number of anilines is 1. The highest BCUT2D eigenvalue weighted by atomic mass is 32.1. The smallest absolute Gasteiger partial charge is 0.337 e. The number of nitrogens with zero attached hydrogens (tertiary/aromatic N) is 4. The second-order valence-electron chi connectivity index (χ2n) is 9.38. The summed E-state index contributed by atoms with van der Waals surface area (Å²) in [4.78, 5) is 44.4. The molecule has 35 heavy (non-hydrogen) atoms. The van der Waals surface area contributed by atoms with Crippen molar-refractivity contribution < 1.29 is 23.9 Å². The van der Waals surface area contributed by atoms with Crippen LogP contribution in [0.3, 0.4) is 0 Å². The number of rotatable bonds is 6. The summed E-state index contributed by atoms with van der Waals surface area (Å²) < 4.78 is 12.4. The van der Waals surface area contributed by atoms with E-state index in [0.717, 1.165) is 12.8 Å². The van der Waals surface area contributed by atoms with Crippen LogP contribution < -0.4 is 5.32 Å². The van der Waals surface area contributed by atoms with E-state index in [0.29, 0.717) is 45.5 Å². The predicted molar refractivity (Wildman–Crippen MR) is 132 cm³/mol. The fraction of sp³-hybridized carbons (Fsp3) is 0.458. The van der Waals surface area contributed by atoms with E-state index in [2.05, 4.69) is 20.1 Å². The highest BCUT2D eigenvalue weighted by Gasteiger charge is 2.34. The Bertz CT molecular complexity index is 1260. The number of carbonyl (C=O) groups is 3. The van der Waals surface area contributed by atoms with E-state index < -0.39 is 11.5 Å². The maximum Gasteiger partial charge on any atom is 0.337 e. The van der Waals surface area contributed by atoms with E-state index in [1.165, 1.54) is 30.6 Å². The normalized spacial score (nSPS) is 16.0. The molecule has 2 amide bonds. The minimum absolute atomic E-state index is 0.0161. The molecule has 0 spiro atoms. The van der Waals surface area contributed by atoms with E-state index in [1.54, 1.807) is 23.9 Å². The number of likely N-dealkylation sites (tertiary alicyclic amines) is 1. The van der Waals surface area contributed by atoms with Crippen LogP contribution in [0.2, 0.25) is 0 Å². The number of amides is 2. The highest BCUT2D eigenvalue weighted by Crippen LogP contribution is 2.34. The second-order valence-corrected chi connectivity index (χ2v) is 10.4. The molecule has 0 saturated carbocycles. The first-order chi connectivity index (χ1) is 16.6. The maximum absolute atomic E-state index is 13.5. The summed E-state index contributed by atoms with van der Waals surface area (Å²) in [7, 11) is 2.93. The topological polar surface area (TPSA) is 116 Å². The first-order valence-corrected chi connectivity index (χ1v) is 12.2. The summed E-state index contributed by atoms with van der Waals surface area (Å²) in [6, 6.07) is 6.16. The van der Waals surface area contributed by atoms with Crippen molar-refractivity contribution in [2.24, 2.45) is 0 Å². The lowest BCUT2D eigenvalue weighted by Crippen LogP contribution is -2.38. The minimum atomic E-state index is -0.474. The van der Waals surface area contributed by atoms with Gasteiger partial charge in [0.1, 0.15) is 4.70 Å².